The van der Waals surface area contributed by atoms with Crippen molar-refractivity contribution in [2.24, 2.45) is 4.99 Å². The van der Waals surface area contributed by atoms with Gasteiger partial charge in [0.25, 0.3) is 5.89 Å². The van der Waals surface area contributed by atoms with Crippen LogP contribution in [0.15, 0.2) is 52.0 Å². The van der Waals surface area contributed by atoms with Gasteiger partial charge in [-0.25, -0.2) is 0 Å². The molecule has 9 heteroatoms. The number of benzene rings is 2. The van der Waals surface area contributed by atoms with E-state index in [1.165, 1.54) is 5.56 Å². The zero-order valence-corrected chi connectivity index (χ0v) is 21.2. The van der Waals surface area contributed by atoms with Crippen molar-refractivity contribution in [2.45, 2.75) is 26.7 Å². The second-order valence-corrected chi connectivity index (χ2v) is 6.77. The predicted molar refractivity (Wildman–Crippen MR) is 137 cm³/mol. The average molecular weight is 551 g/mol. The number of hydrogen-bond donors (Lipinski definition) is 2. The number of aliphatic imine (C=N–C) groups is 1. The van der Waals surface area contributed by atoms with Crippen LogP contribution in [-0.2, 0) is 12.8 Å². The fourth-order valence-electron chi connectivity index (χ4n) is 2.98. The van der Waals surface area contributed by atoms with Crippen LogP contribution in [-0.4, -0.2) is 43.4 Å². The van der Waals surface area contributed by atoms with Gasteiger partial charge in [-0.15, -0.1) is 24.0 Å². The lowest BCUT2D eigenvalue weighted by Crippen LogP contribution is -2.30. The second-order valence-electron chi connectivity index (χ2n) is 6.77. The quantitative estimate of drug-likeness (QED) is 0.229. The van der Waals surface area contributed by atoms with E-state index in [1.807, 2.05) is 44.2 Å². The topological polar surface area (TPSA) is 93.8 Å². The van der Waals surface area contributed by atoms with Crippen LogP contribution < -0.4 is 20.1 Å². The summed E-state index contributed by atoms with van der Waals surface area (Å²) in [4.78, 5) is 9.04. The van der Waals surface area contributed by atoms with Crippen LogP contribution in [0.5, 0.6) is 11.5 Å². The molecule has 2 N–H and O–H groups in total. The Morgan fingerprint density at radius 1 is 1.03 bits per heavy atom. The van der Waals surface area contributed by atoms with Gasteiger partial charge in [0.15, 0.2) is 23.3 Å². The standard InChI is InChI=1S/C23H29N5O3.HI/c1-5-21-27-22(31-28-21)17-9-7-16(8-10-17)13-14-25-23(24-6-2)26-18-11-12-19(29-3)20(15-18)30-4;/h7-12,15H,5-6,13-14H2,1-4H3,(H2,24,25,26);1H. The zero-order chi connectivity index (χ0) is 22.1. The van der Waals surface area contributed by atoms with Gasteiger partial charge in [0, 0.05) is 36.8 Å². The van der Waals surface area contributed by atoms with Crippen molar-refractivity contribution in [1.29, 1.82) is 0 Å². The first-order valence-electron chi connectivity index (χ1n) is 10.4. The maximum absolute atomic E-state index is 5.37. The van der Waals surface area contributed by atoms with Crippen molar-refractivity contribution in [1.82, 2.24) is 15.5 Å². The SMILES string of the molecule is CCNC(=NCCc1ccc(-c2nc(CC)no2)cc1)Nc1ccc(OC)c(OC)c1.I. The number of guanidine groups is 1. The van der Waals surface area contributed by atoms with Crippen molar-refractivity contribution >= 4 is 35.6 Å². The van der Waals surface area contributed by atoms with Crippen LogP contribution in [0.1, 0.15) is 25.2 Å². The van der Waals surface area contributed by atoms with Gasteiger partial charge < -0.3 is 24.6 Å². The molecule has 8 nitrogen and oxygen atoms in total. The lowest BCUT2D eigenvalue weighted by atomic mass is 10.1. The van der Waals surface area contributed by atoms with Crippen LogP contribution in [0, 0.1) is 0 Å². The first-order chi connectivity index (χ1) is 15.2. The Morgan fingerprint density at radius 2 is 1.78 bits per heavy atom. The fourth-order valence-corrected chi connectivity index (χ4v) is 2.98. The number of ether oxygens (including phenoxy) is 2. The molecule has 0 bridgehead atoms. The monoisotopic (exact) mass is 551 g/mol. The lowest BCUT2D eigenvalue weighted by molar-refractivity contribution is 0.355. The second kappa shape index (κ2) is 12.9. The number of aromatic nitrogens is 2. The van der Waals surface area contributed by atoms with E-state index in [9.17, 15) is 0 Å². The molecule has 3 rings (SSSR count). The van der Waals surface area contributed by atoms with E-state index in [-0.39, 0.29) is 24.0 Å². The summed E-state index contributed by atoms with van der Waals surface area (Å²) in [6.07, 6.45) is 1.57. The molecule has 0 aliphatic heterocycles. The third-order valence-corrected chi connectivity index (χ3v) is 4.65. The van der Waals surface area contributed by atoms with E-state index >= 15 is 0 Å². The lowest BCUT2D eigenvalue weighted by Gasteiger charge is -2.14. The molecule has 1 aromatic heterocycles. The molecule has 1 heterocycles. The van der Waals surface area contributed by atoms with Crippen LogP contribution in [0.2, 0.25) is 0 Å². The summed E-state index contributed by atoms with van der Waals surface area (Å²) in [5.41, 5.74) is 2.97. The summed E-state index contributed by atoms with van der Waals surface area (Å²) in [5.74, 6) is 3.33. The molecule has 0 fully saturated rings. The maximum atomic E-state index is 5.37. The van der Waals surface area contributed by atoms with Crippen molar-refractivity contribution in [3.63, 3.8) is 0 Å². The Morgan fingerprint density at radius 3 is 2.41 bits per heavy atom. The van der Waals surface area contributed by atoms with E-state index in [2.05, 4.69) is 37.9 Å². The van der Waals surface area contributed by atoms with Gasteiger partial charge in [-0.3, -0.25) is 4.99 Å². The van der Waals surface area contributed by atoms with Crippen LogP contribution in [0.25, 0.3) is 11.5 Å². The third-order valence-electron chi connectivity index (χ3n) is 4.65. The van der Waals surface area contributed by atoms with Crippen molar-refractivity contribution in [3.8, 4) is 23.0 Å². The Kier molecular flexibility index (Phi) is 10.3. The van der Waals surface area contributed by atoms with E-state index < -0.39 is 0 Å². The molecule has 0 unspecified atom stereocenters. The molecular weight excluding hydrogens is 521 g/mol. The molecule has 0 saturated heterocycles. The van der Waals surface area contributed by atoms with E-state index in [0.717, 1.165) is 30.6 Å². The molecule has 0 radical (unpaired) electrons. The molecule has 0 atom stereocenters. The van der Waals surface area contributed by atoms with Crippen LogP contribution in [0.4, 0.5) is 5.69 Å². The minimum atomic E-state index is 0. The number of halogens is 1. The first kappa shape index (κ1) is 25.4. The highest BCUT2D eigenvalue weighted by Gasteiger charge is 2.08. The fraction of sp³-hybridized carbons (Fsp3) is 0.348. The highest BCUT2D eigenvalue weighted by Crippen LogP contribution is 2.29. The molecule has 0 saturated carbocycles. The summed E-state index contributed by atoms with van der Waals surface area (Å²) in [5, 5.41) is 10.5. The van der Waals surface area contributed by atoms with Crippen molar-refractivity contribution < 1.29 is 14.0 Å². The molecule has 0 aliphatic rings. The summed E-state index contributed by atoms with van der Waals surface area (Å²) >= 11 is 0. The molecule has 0 spiro atoms. The Labute approximate surface area is 205 Å². The number of nitrogens with zero attached hydrogens (tertiary/aromatic N) is 3. The number of aryl methyl sites for hydroxylation is 1. The molecule has 0 aliphatic carbocycles. The Hall–Kier alpha value is -2.82. The highest BCUT2D eigenvalue weighted by atomic mass is 127. The molecule has 2 aromatic carbocycles. The highest BCUT2D eigenvalue weighted by molar-refractivity contribution is 14.0. The maximum Gasteiger partial charge on any atom is 0.257 e. The predicted octanol–water partition coefficient (Wildman–Crippen LogP) is 4.55. The summed E-state index contributed by atoms with van der Waals surface area (Å²) < 4.78 is 15.9. The first-order valence-corrected chi connectivity index (χ1v) is 10.4. The van der Waals surface area contributed by atoms with Gasteiger partial charge in [0.1, 0.15) is 0 Å². The number of methoxy groups -OCH3 is 2. The van der Waals surface area contributed by atoms with Gasteiger partial charge in [-0.05, 0) is 43.2 Å². The van der Waals surface area contributed by atoms with E-state index in [4.69, 9.17) is 14.0 Å². The third kappa shape index (κ3) is 6.84. The number of hydrogen-bond acceptors (Lipinski definition) is 6. The molecule has 32 heavy (non-hydrogen) atoms. The van der Waals surface area contributed by atoms with Gasteiger partial charge >= 0.3 is 0 Å². The van der Waals surface area contributed by atoms with Gasteiger partial charge in [0.05, 0.1) is 14.2 Å². The average Bonchev–Trinajstić information content (AvgIpc) is 3.29. The molecule has 172 valence electrons. The normalized spacial score (nSPS) is 10.9. The van der Waals surface area contributed by atoms with E-state index in [0.29, 0.717) is 35.7 Å². The van der Waals surface area contributed by atoms with Gasteiger partial charge in [0.2, 0.25) is 0 Å². The zero-order valence-electron chi connectivity index (χ0n) is 18.8. The summed E-state index contributed by atoms with van der Waals surface area (Å²) in [6.45, 7) is 5.44. The number of nitrogens with one attached hydrogen (secondary N) is 2. The van der Waals surface area contributed by atoms with Crippen molar-refractivity contribution in [3.05, 3.63) is 53.9 Å². The van der Waals surface area contributed by atoms with Crippen LogP contribution >= 0.6 is 24.0 Å². The van der Waals surface area contributed by atoms with E-state index in [1.54, 1.807) is 14.2 Å². The summed E-state index contributed by atoms with van der Waals surface area (Å²) in [6, 6.07) is 13.8. The number of anilines is 1. The smallest absolute Gasteiger partial charge is 0.257 e. The molecular formula is C23H30IN5O3. The Balaban J connectivity index is 0.00000363. The van der Waals surface area contributed by atoms with Crippen molar-refractivity contribution in [2.75, 3.05) is 32.6 Å². The molecule has 0 amide bonds. The molecule has 3 aromatic rings. The van der Waals surface area contributed by atoms with Crippen LogP contribution in [0.3, 0.4) is 0 Å². The largest absolute Gasteiger partial charge is 0.493 e. The minimum absolute atomic E-state index is 0. The minimum Gasteiger partial charge on any atom is -0.493 e. The summed E-state index contributed by atoms with van der Waals surface area (Å²) in [7, 11) is 3.24. The number of rotatable bonds is 9. The van der Waals surface area contributed by atoms with Gasteiger partial charge in [-0.2, -0.15) is 4.98 Å². The Bertz CT molecular complexity index is 1010. The van der Waals surface area contributed by atoms with Gasteiger partial charge in [-0.1, -0.05) is 24.2 Å².